The van der Waals surface area contributed by atoms with E-state index in [9.17, 15) is 0 Å². The molecule has 0 saturated heterocycles. The van der Waals surface area contributed by atoms with Crippen LogP contribution in [0.2, 0.25) is 0 Å². The molecule has 0 radical (unpaired) electrons. The molecule has 8 heteroatoms. The maximum atomic E-state index is 5.34. The topological polar surface area (TPSA) is 82.5 Å². The average molecular weight is 296 g/mol. The van der Waals surface area contributed by atoms with E-state index in [4.69, 9.17) is 4.52 Å². The molecule has 0 N–H and O–H groups in total. The van der Waals surface area contributed by atoms with Crippen LogP contribution in [0.25, 0.3) is 0 Å². The van der Waals surface area contributed by atoms with E-state index in [1.165, 1.54) is 11.8 Å². The quantitative estimate of drug-likeness (QED) is 0.802. The lowest BCUT2D eigenvalue weighted by atomic mass is 9.96. The van der Waals surface area contributed by atoms with Gasteiger partial charge in [-0.05, 0) is 31.2 Å². The van der Waals surface area contributed by atoms with Crippen molar-refractivity contribution in [2.45, 2.75) is 63.4 Å². The SMILES string of the molecule is CC(Sc1nnnn1C(C)C)c1nc(C(C)(C)C)no1. The van der Waals surface area contributed by atoms with Gasteiger partial charge in [0, 0.05) is 5.41 Å². The van der Waals surface area contributed by atoms with Crippen molar-refractivity contribution in [3.8, 4) is 0 Å². The summed E-state index contributed by atoms with van der Waals surface area (Å²) in [5.74, 6) is 1.31. The first-order chi connectivity index (χ1) is 9.29. The molecule has 0 bridgehead atoms. The van der Waals surface area contributed by atoms with Crippen molar-refractivity contribution in [3.63, 3.8) is 0 Å². The lowest BCUT2D eigenvalue weighted by Gasteiger charge is -2.11. The van der Waals surface area contributed by atoms with Crippen molar-refractivity contribution in [3.05, 3.63) is 11.7 Å². The highest BCUT2D eigenvalue weighted by Gasteiger charge is 2.24. The van der Waals surface area contributed by atoms with Crippen molar-refractivity contribution >= 4 is 11.8 Å². The van der Waals surface area contributed by atoms with Gasteiger partial charge in [-0.2, -0.15) is 4.98 Å². The normalized spacial score (nSPS) is 13.9. The van der Waals surface area contributed by atoms with Crippen LogP contribution in [0.5, 0.6) is 0 Å². The first-order valence-electron chi connectivity index (χ1n) is 6.57. The van der Waals surface area contributed by atoms with Crippen LogP contribution in [0.4, 0.5) is 0 Å². The smallest absolute Gasteiger partial charge is 0.239 e. The predicted octanol–water partition coefficient (Wildman–Crippen LogP) is 2.79. The Bertz CT molecular complexity index is 571. The molecular formula is C12H20N6OS. The van der Waals surface area contributed by atoms with Crippen molar-refractivity contribution in [1.82, 2.24) is 30.3 Å². The van der Waals surface area contributed by atoms with Gasteiger partial charge in [-0.3, -0.25) is 0 Å². The Morgan fingerprint density at radius 1 is 1.20 bits per heavy atom. The zero-order valence-corrected chi connectivity index (χ0v) is 13.5. The Hall–Kier alpha value is -1.44. The summed E-state index contributed by atoms with van der Waals surface area (Å²) in [6.45, 7) is 12.2. The van der Waals surface area contributed by atoms with E-state index < -0.39 is 0 Å². The Morgan fingerprint density at radius 2 is 1.90 bits per heavy atom. The van der Waals surface area contributed by atoms with E-state index in [-0.39, 0.29) is 16.7 Å². The zero-order chi connectivity index (χ0) is 14.9. The van der Waals surface area contributed by atoms with E-state index in [0.29, 0.717) is 11.7 Å². The maximum Gasteiger partial charge on any atom is 0.239 e. The second-order valence-electron chi connectivity index (χ2n) is 5.97. The first kappa shape index (κ1) is 15.0. The fourth-order valence-corrected chi connectivity index (χ4v) is 2.45. The van der Waals surface area contributed by atoms with Crippen LogP contribution in [0.1, 0.15) is 64.5 Å². The van der Waals surface area contributed by atoms with Gasteiger partial charge in [0.25, 0.3) is 0 Å². The van der Waals surface area contributed by atoms with Crippen molar-refractivity contribution in [2.24, 2.45) is 0 Å². The maximum absolute atomic E-state index is 5.34. The van der Waals surface area contributed by atoms with E-state index in [1.807, 2.05) is 20.8 Å². The number of aromatic nitrogens is 6. The zero-order valence-electron chi connectivity index (χ0n) is 12.7. The molecule has 0 fully saturated rings. The minimum absolute atomic E-state index is 0.00194. The van der Waals surface area contributed by atoms with Gasteiger partial charge < -0.3 is 4.52 Å². The van der Waals surface area contributed by atoms with Gasteiger partial charge in [0.15, 0.2) is 5.82 Å². The fraction of sp³-hybridized carbons (Fsp3) is 0.750. The van der Waals surface area contributed by atoms with Crippen LogP contribution in [0, 0.1) is 0 Å². The largest absolute Gasteiger partial charge is 0.338 e. The Labute approximate surface area is 122 Å². The van der Waals surface area contributed by atoms with Crippen LogP contribution in [0.3, 0.4) is 0 Å². The van der Waals surface area contributed by atoms with Crippen molar-refractivity contribution < 1.29 is 4.52 Å². The summed E-state index contributed by atoms with van der Waals surface area (Å²) in [6.07, 6.45) is 0. The van der Waals surface area contributed by atoms with Crippen LogP contribution in [0.15, 0.2) is 9.68 Å². The second kappa shape index (κ2) is 5.51. The molecule has 2 aromatic rings. The Morgan fingerprint density at radius 3 is 2.45 bits per heavy atom. The van der Waals surface area contributed by atoms with E-state index in [2.05, 4.69) is 46.4 Å². The molecule has 2 aromatic heterocycles. The van der Waals surface area contributed by atoms with Crippen molar-refractivity contribution in [1.29, 1.82) is 0 Å². The van der Waals surface area contributed by atoms with Gasteiger partial charge >= 0.3 is 0 Å². The molecule has 20 heavy (non-hydrogen) atoms. The summed E-state index contributed by atoms with van der Waals surface area (Å²) in [6, 6.07) is 0.215. The number of hydrogen-bond donors (Lipinski definition) is 0. The van der Waals surface area contributed by atoms with E-state index in [0.717, 1.165) is 5.16 Å². The molecule has 1 atom stereocenters. The third-order valence-electron chi connectivity index (χ3n) is 2.69. The minimum atomic E-state index is -0.119. The van der Waals surface area contributed by atoms with Gasteiger partial charge in [0.1, 0.15) is 0 Å². The Kier molecular flexibility index (Phi) is 4.12. The summed E-state index contributed by atoms with van der Waals surface area (Å²) < 4.78 is 7.12. The van der Waals surface area contributed by atoms with E-state index in [1.54, 1.807) is 4.68 Å². The summed E-state index contributed by atoms with van der Waals surface area (Å²) >= 11 is 1.51. The second-order valence-corrected chi connectivity index (χ2v) is 7.27. The number of hydrogen-bond acceptors (Lipinski definition) is 7. The van der Waals surface area contributed by atoms with Crippen LogP contribution >= 0.6 is 11.8 Å². The monoisotopic (exact) mass is 296 g/mol. The van der Waals surface area contributed by atoms with Gasteiger partial charge in [-0.15, -0.1) is 5.10 Å². The van der Waals surface area contributed by atoms with Crippen LogP contribution in [-0.4, -0.2) is 30.3 Å². The summed E-state index contributed by atoms with van der Waals surface area (Å²) in [4.78, 5) is 4.46. The molecular weight excluding hydrogens is 276 g/mol. The third-order valence-corrected chi connectivity index (χ3v) is 3.73. The summed E-state index contributed by atoms with van der Waals surface area (Å²) in [5, 5.41) is 16.5. The number of thioether (sulfide) groups is 1. The molecule has 7 nitrogen and oxygen atoms in total. The molecule has 0 aromatic carbocycles. The number of rotatable bonds is 4. The standard InChI is InChI=1S/C12H20N6OS/c1-7(2)18-11(14-16-17-18)20-8(3)9-13-10(15-19-9)12(4,5)6/h7-8H,1-6H3. The Balaban J connectivity index is 2.14. The van der Waals surface area contributed by atoms with Crippen LogP contribution in [-0.2, 0) is 5.41 Å². The van der Waals surface area contributed by atoms with Gasteiger partial charge in [-0.1, -0.05) is 37.7 Å². The highest BCUT2D eigenvalue weighted by Crippen LogP contribution is 2.34. The number of tetrazole rings is 1. The van der Waals surface area contributed by atoms with Gasteiger partial charge in [0.2, 0.25) is 11.0 Å². The fourth-order valence-electron chi connectivity index (χ4n) is 1.50. The molecule has 0 spiro atoms. The van der Waals surface area contributed by atoms with E-state index >= 15 is 0 Å². The predicted molar refractivity (Wildman–Crippen MR) is 75.5 cm³/mol. The lowest BCUT2D eigenvalue weighted by Crippen LogP contribution is -2.13. The molecule has 0 aliphatic carbocycles. The van der Waals surface area contributed by atoms with Crippen LogP contribution < -0.4 is 0 Å². The molecule has 0 saturated carbocycles. The first-order valence-corrected chi connectivity index (χ1v) is 7.45. The number of nitrogens with zero attached hydrogens (tertiary/aromatic N) is 6. The highest BCUT2D eigenvalue weighted by molar-refractivity contribution is 7.99. The molecule has 0 amide bonds. The summed E-state index contributed by atoms with van der Waals surface area (Å²) in [7, 11) is 0. The minimum Gasteiger partial charge on any atom is -0.338 e. The van der Waals surface area contributed by atoms with Gasteiger partial charge in [-0.25, -0.2) is 4.68 Å². The molecule has 2 heterocycles. The average Bonchev–Trinajstić information content (AvgIpc) is 2.95. The molecule has 0 aliphatic rings. The third kappa shape index (κ3) is 3.17. The highest BCUT2D eigenvalue weighted by atomic mass is 32.2. The molecule has 0 aliphatic heterocycles. The molecule has 2 rings (SSSR count). The van der Waals surface area contributed by atoms with Crippen molar-refractivity contribution in [2.75, 3.05) is 0 Å². The molecule has 1 unspecified atom stereocenters. The molecule has 110 valence electrons. The lowest BCUT2D eigenvalue weighted by molar-refractivity contribution is 0.364. The summed E-state index contributed by atoms with van der Waals surface area (Å²) in [5.41, 5.74) is -0.119. The van der Waals surface area contributed by atoms with Gasteiger partial charge in [0.05, 0.1) is 11.3 Å².